The lowest BCUT2D eigenvalue weighted by atomic mass is 9.86. The quantitative estimate of drug-likeness (QED) is 0.492. The summed E-state index contributed by atoms with van der Waals surface area (Å²) in [6, 6.07) is 16.8. The Hall–Kier alpha value is -1.55. The van der Waals surface area contributed by atoms with Gasteiger partial charge in [0.1, 0.15) is 0 Å². The van der Waals surface area contributed by atoms with Crippen LogP contribution in [0.2, 0.25) is 0 Å². The molecule has 0 radical (unpaired) electrons. The maximum Gasteiger partial charge on any atom is 0.384 e. The molecule has 2 aromatic carbocycles. The molecule has 0 amide bonds. The predicted octanol–water partition coefficient (Wildman–Crippen LogP) is 5.68. The molecule has 0 heterocycles. The second-order valence-corrected chi connectivity index (χ2v) is 5.25. The normalized spacial score (nSPS) is 12.7. The lowest BCUT2D eigenvalue weighted by molar-refractivity contribution is -0.162. The van der Waals surface area contributed by atoms with E-state index < -0.39 is 23.6 Å². The summed E-state index contributed by atoms with van der Waals surface area (Å²) in [7, 11) is 0. The molecule has 0 N–H and O–H groups in total. The maximum absolute atomic E-state index is 13.7. The van der Waals surface area contributed by atoms with Crippen molar-refractivity contribution in [3.63, 3.8) is 0 Å². The molecule has 0 fully saturated rings. The van der Waals surface area contributed by atoms with Crippen LogP contribution in [0.3, 0.4) is 0 Å². The number of hydrogen-bond donors (Lipinski definition) is 0. The van der Waals surface area contributed by atoms with Crippen molar-refractivity contribution in [1.82, 2.24) is 0 Å². The molecule has 0 spiro atoms. The van der Waals surface area contributed by atoms with E-state index in [1.54, 1.807) is 60.7 Å². The highest BCUT2D eigenvalue weighted by atomic mass is 35.5. The fourth-order valence-electron chi connectivity index (χ4n) is 2.17. The standard InChI is InChI=1S/C16H13ClF4/c17-16(20,21)15(18,19)11-14(12-7-3-1-4-8-12)13-9-5-2-6-10-13/h1-10,14H,11H2. The van der Waals surface area contributed by atoms with Gasteiger partial charge in [0.05, 0.1) is 0 Å². The van der Waals surface area contributed by atoms with Crippen LogP contribution < -0.4 is 0 Å². The van der Waals surface area contributed by atoms with Gasteiger partial charge in [0, 0.05) is 12.3 Å². The molecule has 0 unspecified atom stereocenters. The molecular formula is C16H13ClF4. The Morgan fingerprint density at radius 3 is 1.48 bits per heavy atom. The maximum atomic E-state index is 13.7. The molecule has 0 saturated heterocycles. The minimum Gasteiger partial charge on any atom is -0.198 e. The number of halogens is 5. The minimum atomic E-state index is -4.57. The summed E-state index contributed by atoms with van der Waals surface area (Å²) in [5.41, 5.74) is 1.09. The molecule has 0 atom stereocenters. The van der Waals surface area contributed by atoms with Gasteiger partial charge in [-0.05, 0) is 22.7 Å². The van der Waals surface area contributed by atoms with E-state index in [2.05, 4.69) is 11.6 Å². The van der Waals surface area contributed by atoms with Crippen LogP contribution in [0.25, 0.3) is 0 Å². The third-order valence-corrected chi connectivity index (χ3v) is 3.56. The first kappa shape index (κ1) is 15.8. The summed E-state index contributed by atoms with van der Waals surface area (Å²) >= 11 is 4.56. The third kappa shape index (κ3) is 3.76. The summed E-state index contributed by atoms with van der Waals surface area (Å²) < 4.78 is 53.2. The van der Waals surface area contributed by atoms with Crippen LogP contribution in [0.4, 0.5) is 17.6 Å². The Balaban J connectivity index is 2.39. The van der Waals surface area contributed by atoms with E-state index in [1.165, 1.54) is 0 Å². The monoisotopic (exact) mass is 316 g/mol. The predicted molar refractivity (Wildman–Crippen MR) is 75.1 cm³/mol. The SMILES string of the molecule is FC(F)(Cl)C(F)(F)CC(c1ccccc1)c1ccccc1. The van der Waals surface area contributed by atoms with Crippen LogP contribution in [0.15, 0.2) is 60.7 Å². The average molecular weight is 317 g/mol. The van der Waals surface area contributed by atoms with Crippen molar-refractivity contribution >= 4 is 11.6 Å². The third-order valence-electron chi connectivity index (χ3n) is 3.28. The van der Waals surface area contributed by atoms with Crippen LogP contribution in [0, 0.1) is 0 Å². The second kappa shape index (κ2) is 6.06. The summed E-state index contributed by atoms with van der Waals surface area (Å²) in [6.07, 6.45) is -1.06. The molecule has 0 aliphatic heterocycles. The molecule has 112 valence electrons. The van der Waals surface area contributed by atoms with Crippen LogP contribution in [0.5, 0.6) is 0 Å². The first-order valence-corrected chi connectivity index (χ1v) is 6.73. The van der Waals surface area contributed by atoms with Crippen molar-refractivity contribution in [1.29, 1.82) is 0 Å². The van der Waals surface area contributed by atoms with Crippen molar-refractivity contribution in [2.24, 2.45) is 0 Å². The van der Waals surface area contributed by atoms with Crippen molar-refractivity contribution in [3.05, 3.63) is 71.8 Å². The molecule has 0 bridgehead atoms. The second-order valence-electron chi connectivity index (χ2n) is 4.78. The molecule has 0 aromatic heterocycles. The molecule has 0 nitrogen and oxygen atoms in total. The molecule has 0 saturated carbocycles. The van der Waals surface area contributed by atoms with Crippen LogP contribution in [0.1, 0.15) is 23.5 Å². The fourth-order valence-corrected chi connectivity index (χ4v) is 2.25. The van der Waals surface area contributed by atoms with Crippen LogP contribution in [-0.2, 0) is 0 Å². The Morgan fingerprint density at radius 1 is 0.762 bits per heavy atom. The highest BCUT2D eigenvalue weighted by Gasteiger charge is 2.55. The Bertz CT molecular complexity index is 524. The van der Waals surface area contributed by atoms with E-state index in [4.69, 9.17) is 0 Å². The molecular weight excluding hydrogens is 304 g/mol. The summed E-state index contributed by atoms with van der Waals surface area (Å²) in [5.74, 6) is -5.16. The lowest BCUT2D eigenvalue weighted by Gasteiger charge is -2.26. The van der Waals surface area contributed by atoms with Gasteiger partial charge < -0.3 is 0 Å². The van der Waals surface area contributed by atoms with Gasteiger partial charge in [0.15, 0.2) is 0 Å². The van der Waals surface area contributed by atoms with Gasteiger partial charge in [-0.25, -0.2) is 0 Å². The van der Waals surface area contributed by atoms with E-state index in [1.807, 2.05) is 0 Å². The van der Waals surface area contributed by atoms with Gasteiger partial charge in [-0.3, -0.25) is 0 Å². The van der Waals surface area contributed by atoms with E-state index in [-0.39, 0.29) is 0 Å². The smallest absolute Gasteiger partial charge is 0.198 e. The zero-order valence-corrected chi connectivity index (χ0v) is 11.7. The minimum absolute atomic E-state index is 0.546. The Morgan fingerprint density at radius 2 is 1.14 bits per heavy atom. The van der Waals surface area contributed by atoms with Crippen molar-refractivity contribution in [2.75, 3.05) is 0 Å². The number of benzene rings is 2. The van der Waals surface area contributed by atoms with Gasteiger partial charge in [0.2, 0.25) is 0 Å². The highest BCUT2D eigenvalue weighted by molar-refractivity contribution is 6.22. The molecule has 0 aliphatic rings. The first-order chi connectivity index (χ1) is 9.81. The van der Waals surface area contributed by atoms with Crippen LogP contribution in [-0.4, -0.2) is 11.3 Å². The molecule has 5 heteroatoms. The number of hydrogen-bond acceptors (Lipinski definition) is 0. The molecule has 21 heavy (non-hydrogen) atoms. The molecule has 2 aromatic rings. The van der Waals surface area contributed by atoms with Crippen LogP contribution >= 0.6 is 11.6 Å². The van der Waals surface area contributed by atoms with Gasteiger partial charge in [-0.2, -0.15) is 17.6 Å². The zero-order chi connectivity index (χ0) is 15.5. The van der Waals surface area contributed by atoms with Crippen molar-refractivity contribution in [3.8, 4) is 0 Å². The lowest BCUT2D eigenvalue weighted by Crippen LogP contribution is -2.37. The first-order valence-electron chi connectivity index (χ1n) is 6.36. The Labute approximate surface area is 125 Å². The summed E-state index contributed by atoms with van der Waals surface area (Å²) in [5, 5.41) is -4.57. The highest BCUT2D eigenvalue weighted by Crippen LogP contribution is 2.45. The van der Waals surface area contributed by atoms with Crippen molar-refractivity contribution in [2.45, 2.75) is 23.6 Å². The average Bonchev–Trinajstić information content (AvgIpc) is 2.45. The van der Waals surface area contributed by atoms with Gasteiger partial charge in [-0.15, -0.1) is 0 Å². The van der Waals surface area contributed by atoms with Gasteiger partial charge in [0.25, 0.3) is 0 Å². The van der Waals surface area contributed by atoms with Crippen molar-refractivity contribution < 1.29 is 17.6 Å². The fraction of sp³-hybridized carbons (Fsp3) is 0.250. The largest absolute Gasteiger partial charge is 0.384 e. The van der Waals surface area contributed by atoms with E-state index in [0.717, 1.165) is 0 Å². The Kier molecular flexibility index (Phi) is 4.57. The summed E-state index contributed by atoms with van der Waals surface area (Å²) in [6.45, 7) is 0. The van der Waals surface area contributed by atoms with E-state index >= 15 is 0 Å². The number of alkyl halides is 5. The van der Waals surface area contributed by atoms with Gasteiger partial charge in [-0.1, -0.05) is 60.7 Å². The molecule has 2 rings (SSSR count). The molecule has 0 aliphatic carbocycles. The summed E-state index contributed by atoms with van der Waals surface area (Å²) in [4.78, 5) is 0. The zero-order valence-electron chi connectivity index (χ0n) is 10.9. The topological polar surface area (TPSA) is 0 Å². The van der Waals surface area contributed by atoms with Gasteiger partial charge >= 0.3 is 11.3 Å². The van der Waals surface area contributed by atoms with E-state index in [0.29, 0.717) is 11.1 Å². The van der Waals surface area contributed by atoms with E-state index in [9.17, 15) is 17.6 Å². The number of rotatable bonds is 5.